The highest BCUT2D eigenvalue weighted by Gasteiger charge is 2.48. The summed E-state index contributed by atoms with van der Waals surface area (Å²) in [7, 11) is 0. The molecule has 1 aromatic heterocycles. The van der Waals surface area contributed by atoms with Crippen LogP contribution < -0.4 is 5.32 Å². The molecule has 0 saturated heterocycles. The van der Waals surface area contributed by atoms with E-state index in [2.05, 4.69) is 10.3 Å². The number of aliphatic hydroxyl groups is 1. The summed E-state index contributed by atoms with van der Waals surface area (Å²) in [5.74, 6) is 0.282. The lowest BCUT2D eigenvalue weighted by atomic mass is 9.64. The smallest absolute Gasteiger partial charge is 0.314 e. The van der Waals surface area contributed by atoms with Gasteiger partial charge in [-0.3, -0.25) is 10.1 Å². The molecule has 98 valence electrons. The molecule has 2 rings (SSSR count). The number of aryl methyl sites for hydroxylation is 1. The molecule has 1 aliphatic carbocycles. The minimum atomic E-state index is -0.424. The van der Waals surface area contributed by atoms with Gasteiger partial charge in [-0.25, -0.2) is 4.98 Å². The Kier molecular flexibility index (Phi) is 2.98. The van der Waals surface area contributed by atoms with Crippen LogP contribution in [0.5, 0.6) is 0 Å². The topological polar surface area (TPSA) is 88.3 Å². The zero-order valence-corrected chi connectivity index (χ0v) is 10.7. The fourth-order valence-electron chi connectivity index (χ4n) is 2.20. The summed E-state index contributed by atoms with van der Waals surface area (Å²) in [5, 5.41) is 23.8. The molecule has 1 aliphatic rings. The third-order valence-corrected chi connectivity index (χ3v) is 3.84. The van der Waals surface area contributed by atoms with Crippen molar-refractivity contribution in [2.75, 3.05) is 5.32 Å². The highest BCUT2D eigenvalue weighted by atomic mass is 16.6. The lowest BCUT2D eigenvalue weighted by Gasteiger charge is -2.49. The zero-order chi connectivity index (χ0) is 13.5. The van der Waals surface area contributed by atoms with Crippen LogP contribution in [0.4, 0.5) is 11.5 Å². The molecule has 0 aliphatic heterocycles. The average molecular weight is 251 g/mol. The van der Waals surface area contributed by atoms with Crippen molar-refractivity contribution in [2.24, 2.45) is 5.41 Å². The minimum Gasteiger partial charge on any atom is -0.392 e. The number of rotatable bonds is 3. The van der Waals surface area contributed by atoms with Gasteiger partial charge in [-0.05, 0) is 19.4 Å². The Hall–Kier alpha value is -1.69. The molecule has 2 atom stereocenters. The maximum absolute atomic E-state index is 11.0. The van der Waals surface area contributed by atoms with E-state index in [-0.39, 0.29) is 29.1 Å². The predicted octanol–water partition coefficient (Wildman–Crippen LogP) is 1.87. The molecule has 6 heteroatoms. The van der Waals surface area contributed by atoms with Crippen LogP contribution in [0.1, 0.15) is 25.8 Å². The van der Waals surface area contributed by atoms with Crippen LogP contribution in [0.2, 0.25) is 0 Å². The zero-order valence-electron chi connectivity index (χ0n) is 10.7. The minimum absolute atomic E-state index is 0.000463. The van der Waals surface area contributed by atoms with Crippen LogP contribution in [-0.4, -0.2) is 27.2 Å². The Morgan fingerprint density at radius 1 is 1.61 bits per heavy atom. The van der Waals surface area contributed by atoms with Gasteiger partial charge in [0.25, 0.3) is 0 Å². The molecule has 0 spiro atoms. The highest BCUT2D eigenvalue weighted by molar-refractivity contribution is 5.60. The standard InChI is InChI=1S/C12H17N3O3/c1-7-4-5-13-11(10(7)15(17)18)14-8-6-9(16)12(8,2)3/h4-5,8-9,16H,6H2,1-3H3,(H,13,14). The molecular weight excluding hydrogens is 234 g/mol. The molecule has 1 saturated carbocycles. The monoisotopic (exact) mass is 251 g/mol. The van der Waals surface area contributed by atoms with Crippen molar-refractivity contribution in [1.82, 2.24) is 4.98 Å². The number of anilines is 1. The van der Waals surface area contributed by atoms with E-state index in [0.717, 1.165) is 0 Å². The maximum atomic E-state index is 11.0. The summed E-state index contributed by atoms with van der Waals surface area (Å²) in [6.45, 7) is 5.55. The molecule has 2 unspecified atom stereocenters. The lowest BCUT2D eigenvalue weighted by Crippen LogP contribution is -2.57. The Balaban J connectivity index is 2.26. The number of nitro groups is 1. The van der Waals surface area contributed by atoms with Gasteiger partial charge < -0.3 is 10.4 Å². The van der Waals surface area contributed by atoms with Crippen LogP contribution in [0, 0.1) is 22.5 Å². The Morgan fingerprint density at radius 2 is 2.28 bits per heavy atom. The number of aromatic nitrogens is 1. The van der Waals surface area contributed by atoms with Crippen molar-refractivity contribution in [3.05, 3.63) is 27.9 Å². The number of pyridine rings is 1. The van der Waals surface area contributed by atoms with Gasteiger partial charge in [0.2, 0.25) is 5.82 Å². The molecule has 0 amide bonds. The van der Waals surface area contributed by atoms with Crippen LogP contribution >= 0.6 is 0 Å². The largest absolute Gasteiger partial charge is 0.392 e. The molecule has 18 heavy (non-hydrogen) atoms. The van der Waals surface area contributed by atoms with Crippen LogP contribution in [-0.2, 0) is 0 Å². The number of aliphatic hydroxyl groups excluding tert-OH is 1. The fourth-order valence-corrected chi connectivity index (χ4v) is 2.20. The first kappa shape index (κ1) is 12.8. The molecule has 1 heterocycles. The van der Waals surface area contributed by atoms with Crippen molar-refractivity contribution in [3.8, 4) is 0 Å². The van der Waals surface area contributed by atoms with Crippen molar-refractivity contribution >= 4 is 11.5 Å². The molecule has 0 radical (unpaired) electrons. The van der Waals surface area contributed by atoms with E-state index < -0.39 is 4.92 Å². The first-order valence-electron chi connectivity index (χ1n) is 5.88. The Labute approximate surface area is 105 Å². The van der Waals surface area contributed by atoms with Gasteiger partial charge in [0, 0.05) is 23.2 Å². The van der Waals surface area contributed by atoms with E-state index in [4.69, 9.17) is 0 Å². The summed E-state index contributed by atoms with van der Waals surface area (Å²) < 4.78 is 0. The maximum Gasteiger partial charge on any atom is 0.314 e. The summed E-state index contributed by atoms with van der Waals surface area (Å²) in [5.41, 5.74) is 0.295. The summed E-state index contributed by atoms with van der Waals surface area (Å²) in [6, 6.07) is 1.62. The van der Waals surface area contributed by atoms with Gasteiger partial charge >= 0.3 is 5.69 Å². The van der Waals surface area contributed by atoms with E-state index in [1.54, 1.807) is 19.2 Å². The van der Waals surface area contributed by atoms with Gasteiger partial charge in [-0.15, -0.1) is 0 Å². The normalized spacial score (nSPS) is 25.3. The van der Waals surface area contributed by atoms with Crippen molar-refractivity contribution in [2.45, 2.75) is 39.3 Å². The predicted molar refractivity (Wildman–Crippen MR) is 67.4 cm³/mol. The highest BCUT2D eigenvalue weighted by Crippen LogP contribution is 2.43. The molecule has 1 aromatic rings. The second kappa shape index (κ2) is 4.20. The molecule has 2 N–H and O–H groups in total. The quantitative estimate of drug-likeness (QED) is 0.632. The molecule has 0 bridgehead atoms. The summed E-state index contributed by atoms with van der Waals surface area (Å²) >= 11 is 0. The van der Waals surface area contributed by atoms with E-state index in [1.165, 1.54) is 0 Å². The van der Waals surface area contributed by atoms with Gasteiger partial charge in [0.1, 0.15) is 0 Å². The number of hydrogen-bond donors (Lipinski definition) is 2. The van der Waals surface area contributed by atoms with Crippen LogP contribution in [0.15, 0.2) is 12.3 Å². The van der Waals surface area contributed by atoms with Crippen molar-refractivity contribution in [3.63, 3.8) is 0 Å². The molecule has 6 nitrogen and oxygen atoms in total. The average Bonchev–Trinajstić information content (AvgIpc) is 2.28. The SMILES string of the molecule is Cc1ccnc(NC2CC(O)C2(C)C)c1[N+](=O)[O-]. The van der Waals surface area contributed by atoms with Crippen molar-refractivity contribution < 1.29 is 10.0 Å². The van der Waals surface area contributed by atoms with Crippen molar-refractivity contribution in [1.29, 1.82) is 0 Å². The number of nitrogens with one attached hydrogen (secondary N) is 1. The Morgan fingerprint density at radius 3 is 2.78 bits per heavy atom. The first-order valence-corrected chi connectivity index (χ1v) is 5.88. The van der Waals surface area contributed by atoms with Gasteiger partial charge in [-0.2, -0.15) is 0 Å². The van der Waals surface area contributed by atoms with E-state index in [0.29, 0.717) is 12.0 Å². The summed E-state index contributed by atoms with van der Waals surface area (Å²) in [4.78, 5) is 14.6. The van der Waals surface area contributed by atoms with E-state index in [9.17, 15) is 15.2 Å². The van der Waals surface area contributed by atoms with Gasteiger partial charge in [0.15, 0.2) is 0 Å². The van der Waals surface area contributed by atoms with E-state index >= 15 is 0 Å². The van der Waals surface area contributed by atoms with Crippen LogP contribution in [0.3, 0.4) is 0 Å². The van der Waals surface area contributed by atoms with Gasteiger partial charge in [-0.1, -0.05) is 13.8 Å². The van der Waals surface area contributed by atoms with E-state index in [1.807, 2.05) is 13.8 Å². The number of hydrogen-bond acceptors (Lipinski definition) is 5. The second-order valence-corrected chi connectivity index (χ2v) is 5.35. The number of nitrogens with zero attached hydrogens (tertiary/aromatic N) is 2. The molecule has 1 fully saturated rings. The fraction of sp³-hybridized carbons (Fsp3) is 0.583. The van der Waals surface area contributed by atoms with Gasteiger partial charge in [0.05, 0.1) is 11.0 Å². The van der Waals surface area contributed by atoms with Crippen LogP contribution in [0.25, 0.3) is 0 Å². The second-order valence-electron chi connectivity index (χ2n) is 5.35. The third kappa shape index (κ3) is 1.92. The lowest BCUT2D eigenvalue weighted by molar-refractivity contribution is -0.384. The third-order valence-electron chi connectivity index (χ3n) is 3.84. The summed E-state index contributed by atoms with van der Waals surface area (Å²) in [6.07, 6.45) is 1.76. The molecular formula is C12H17N3O3. The Bertz CT molecular complexity index is 487. The first-order chi connectivity index (χ1) is 8.34. The molecule has 0 aromatic carbocycles.